The molecule has 1 aromatic carbocycles. The number of methoxy groups -OCH3 is 1. The summed E-state index contributed by atoms with van der Waals surface area (Å²) in [5.74, 6) is 6.06. The number of hydrogen-bond acceptors (Lipinski definition) is 1. The third kappa shape index (κ3) is 3.63. The first kappa shape index (κ1) is 10.3. The Labute approximate surface area is 87.2 Å². The van der Waals surface area contributed by atoms with Gasteiger partial charge in [-0.3, -0.25) is 0 Å². The predicted octanol–water partition coefficient (Wildman–Crippen LogP) is 2.45. The lowest BCUT2D eigenvalue weighted by Crippen LogP contribution is -2.08. The summed E-state index contributed by atoms with van der Waals surface area (Å²) in [6, 6.07) is 9.88. The van der Waals surface area contributed by atoms with E-state index >= 15 is 0 Å². The largest absolute Gasteiger partial charge is 0.368 e. The lowest BCUT2D eigenvalue weighted by molar-refractivity contribution is 0.168. The van der Waals surface area contributed by atoms with Gasteiger partial charge in [0.1, 0.15) is 6.10 Å². The van der Waals surface area contributed by atoms with Crippen LogP contribution in [0.3, 0.4) is 0 Å². The first-order valence-electron chi connectivity index (χ1n) is 4.02. The first-order chi connectivity index (χ1) is 6.36. The molecule has 2 heteroatoms. The van der Waals surface area contributed by atoms with Gasteiger partial charge in [-0.1, -0.05) is 46.0 Å². The highest BCUT2D eigenvalue weighted by molar-refractivity contribution is 9.09. The standard InChI is InChI=1S/C11H11BrO/c1-13-11(9-12)8-7-10-5-3-2-4-6-10/h2-6,11H,9H2,1H3. The maximum Gasteiger partial charge on any atom is 0.127 e. The van der Waals surface area contributed by atoms with Gasteiger partial charge in [-0.15, -0.1) is 0 Å². The highest BCUT2D eigenvalue weighted by Gasteiger charge is 1.97. The number of alkyl halides is 1. The van der Waals surface area contributed by atoms with Crippen LogP contribution in [0.2, 0.25) is 0 Å². The smallest absolute Gasteiger partial charge is 0.127 e. The van der Waals surface area contributed by atoms with Gasteiger partial charge >= 0.3 is 0 Å². The van der Waals surface area contributed by atoms with Crippen molar-refractivity contribution in [3.63, 3.8) is 0 Å². The van der Waals surface area contributed by atoms with E-state index in [9.17, 15) is 0 Å². The Bertz CT molecular complexity index is 293. The molecule has 1 aromatic rings. The predicted molar refractivity (Wildman–Crippen MR) is 57.9 cm³/mol. The molecule has 13 heavy (non-hydrogen) atoms. The highest BCUT2D eigenvalue weighted by Crippen LogP contribution is 1.97. The summed E-state index contributed by atoms with van der Waals surface area (Å²) in [7, 11) is 1.66. The first-order valence-corrected chi connectivity index (χ1v) is 5.14. The summed E-state index contributed by atoms with van der Waals surface area (Å²) in [6.45, 7) is 0. The molecule has 68 valence electrons. The van der Waals surface area contributed by atoms with E-state index < -0.39 is 0 Å². The Hall–Kier alpha value is -0.780. The highest BCUT2D eigenvalue weighted by atomic mass is 79.9. The zero-order chi connectivity index (χ0) is 9.52. The maximum absolute atomic E-state index is 5.10. The molecule has 0 spiro atoms. The third-order valence-corrected chi connectivity index (χ3v) is 2.16. The van der Waals surface area contributed by atoms with Crippen LogP contribution in [0.1, 0.15) is 5.56 Å². The fraction of sp³-hybridized carbons (Fsp3) is 0.273. The lowest BCUT2D eigenvalue weighted by Gasteiger charge is -2.01. The van der Waals surface area contributed by atoms with Gasteiger partial charge in [0.2, 0.25) is 0 Å². The van der Waals surface area contributed by atoms with Crippen molar-refractivity contribution in [3.05, 3.63) is 35.9 Å². The molecule has 0 saturated carbocycles. The lowest BCUT2D eigenvalue weighted by atomic mass is 10.2. The Morgan fingerprint density at radius 2 is 2.08 bits per heavy atom. The molecule has 0 aliphatic rings. The van der Waals surface area contributed by atoms with Gasteiger partial charge in [-0.2, -0.15) is 0 Å². The molecule has 0 radical (unpaired) electrons. The minimum absolute atomic E-state index is 0.0276. The molecular formula is C11H11BrO. The zero-order valence-electron chi connectivity index (χ0n) is 7.46. The third-order valence-electron chi connectivity index (χ3n) is 1.58. The Balaban J connectivity index is 2.66. The maximum atomic E-state index is 5.10. The summed E-state index contributed by atoms with van der Waals surface area (Å²) in [5, 5.41) is 0.739. The van der Waals surface area contributed by atoms with E-state index in [4.69, 9.17) is 4.74 Å². The number of rotatable bonds is 2. The fourth-order valence-corrected chi connectivity index (χ4v) is 1.27. The van der Waals surface area contributed by atoms with Crippen molar-refractivity contribution < 1.29 is 4.74 Å². The Morgan fingerprint density at radius 1 is 1.38 bits per heavy atom. The van der Waals surface area contributed by atoms with Crippen LogP contribution >= 0.6 is 15.9 Å². The Kier molecular flexibility index (Phi) is 4.59. The van der Waals surface area contributed by atoms with Crippen LogP contribution in [-0.2, 0) is 4.74 Å². The van der Waals surface area contributed by atoms with Crippen molar-refractivity contribution >= 4 is 15.9 Å². The van der Waals surface area contributed by atoms with Crippen LogP contribution in [0.25, 0.3) is 0 Å². The topological polar surface area (TPSA) is 9.23 Å². The Morgan fingerprint density at radius 3 is 2.62 bits per heavy atom. The van der Waals surface area contributed by atoms with E-state index in [1.807, 2.05) is 30.3 Å². The van der Waals surface area contributed by atoms with Gasteiger partial charge in [0.15, 0.2) is 0 Å². The molecule has 1 rings (SSSR count). The van der Waals surface area contributed by atoms with Crippen LogP contribution in [0, 0.1) is 11.8 Å². The summed E-state index contributed by atoms with van der Waals surface area (Å²) in [5.41, 5.74) is 1.02. The average Bonchev–Trinajstić information content (AvgIpc) is 2.21. The van der Waals surface area contributed by atoms with Gasteiger partial charge in [-0.05, 0) is 12.1 Å². The molecule has 1 unspecified atom stereocenters. The van der Waals surface area contributed by atoms with Crippen LogP contribution in [0.4, 0.5) is 0 Å². The van der Waals surface area contributed by atoms with Crippen LogP contribution in [0.5, 0.6) is 0 Å². The molecule has 0 aliphatic carbocycles. The summed E-state index contributed by atoms with van der Waals surface area (Å²) in [6.07, 6.45) is -0.0276. The van der Waals surface area contributed by atoms with Crippen molar-refractivity contribution in [3.8, 4) is 11.8 Å². The van der Waals surface area contributed by atoms with Crippen molar-refractivity contribution in [1.82, 2.24) is 0 Å². The quantitative estimate of drug-likeness (QED) is 0.569. The van der Waals surface area contributed by atoms with Gasteiger partial charge in [0.25, 0.3) is 0 Å². The molecule has 0 bridgehead atoms. The van der Waals surface area contributed by atoms with Gasteiger partial charge in [0, 0.05) is 18.0 Å². The normalized spacial score (nSPS) is 11.5. The van der Waals surface area contributed by atoms with E-state index in [1.54, 1.807) is 7.11 Å². The molecule has 0 saturated heterocycles. The van der Waals surface area contributed by atoms with Crippen LogP contribution in [-0.4, -0.2) is 18.5 Å². The van der Waals surface area contributed by atoms with E-state index in [0.717, 1.165) is 10.9 Å². The van der Waals surface area contributed by atoms with E-state index in [-0.39, 0.29) is 6.10 Å². The second-order valence-electron chi connectivity index (χ2n) is 2.51. The molecule has 0 aliphatic heterocycles. The van der Waals surface area contributed by atoms with E-state index in [0.29, 0.717) is 0 Å². The van der Waals surface area contributed by atoms with Crippen molar-refractivity contribution in [2.75, 3.05) is 12.4 Å². The zero-order valence-corrected chi connectivity index (χ0v) is 9.04. The number of hydrogen-bond donors (Lipinski definition) is 0. The second kappa shape index (κ2) is 5.80. The molecule has 0 amide bonds. The van der Waals surface area contributed by atoms with E-state index in [1.165, 1.54) is 0 Å². The van der Waals surface area contributed by atoms with Crippen molar-refractivity contribution in [2.45, 2.75) is 6.10 Å². The summed E-state index contributed by atoms with van der Waals surface area (Å²) in [4.78, 5) is 0. The number of halogens is 1. The molecular weight excluding hydrogens is 228 g/mol. The van der Waals surface area contributed by atoms with Crippen LogP contribution < -0.4 is 0 Å². The SMILES string of the molecule is COC(C#Cc1ccccc1)CBr. The van der Waals surface area contributed by atoms with Crippen molar-refractivity contribution in [1.29, 1.82) is 0 Å². The summed E-state index contributed by atoms with van der Waals surface area (Å²) >= 11 is 3.32. The molecule has 0 fully saturated rings. The fourth-order valence-electron chi connectivity index (χ4n) is 0.846. The molecule has 0 N–H and O–H groups in total. The molecule has 1 nitrogen and oxygen atoms in total. The number of benzene rings is 1. The molecule has 0 heterocycles. The monoisotopic (exact) mass is 238 g/mol. The molecule has 1 atom stereocenters. The summed E-state index contributed by atoms with van der Waals surface area (Å²) < 4.78 is 5.10. The minimum Gasteiger partial charge on any atom is -0.368 e. The average molecular weight is 239 g/mol. The van der Waals surface area contributed by atoms with Gasteiger partial charge in [-0.25, -0.2) is 0 Å². The van der Waals surface area contributed by atoms with Crippen LogP contribution in [0.15, 0.2) is 30.3 Å². The van der Waals surface area contributed by atoms with Gasteiger partial charge in [0.05, 0.1) is 0 Å². The molecule has 0 aromatic heterocycles. The number of ether oxygens (including phenoxy) is 1. The minimum atomic E-state index is -0.0276. The van der Waals surface area contributed by atoms with E-state index in [2.05, 4.69) is 27.8 Å². The second-order valence-corrected chi connectivity index (χ2v) is 3.16. The van der Waals surface area contributed by atoms with Gasteiger partial charge < -0.3 is 4.74 Å². The van der Waals surface area contributed by atoms with Crippen molar-refractivity contribution in [2.24, 2.45) is 0 Å².